The predicted octanol–water partition coefficient (Wildman–Crippen LogP) is 4.94. The van der Waals surface area contributed by atoms with Crippen molar-refractivity contribution in [1.82, 2.24) is 0 Å². The number of esters is 1. The molecule has 0 fully saturated rings. The van der Waals surface area contributed by atoms with Gasteiger partial charge in [0, 0.05) is 16.5 Å². The Labute approximate surface area is 145 Å². The lowest BCUT2D eigenvalue weighted by Crippen LogP contribution is -2.02. The van der Waals surface area contributed by atoms with Gasteiger partial charge in [0.05, 0.1) is 12.7 Å². The van der Waals surface area contributed by atoms with Gasteiger partial charge >= 0.3 is 5.97 Å². The molecule has 3 aromatic carbocycles. The number of halogens is 1. The first-order valence-corrected chi connectivity index (χ1v) is 8.08. The topological polar surface area (TPSA) is 35.5 Å². The highest BCUT2D eigenvalue weighted by molar-refractivity contribution is 6.13. The molecular formula is C21H17FO3. The van der Waals surface area contributed by atoms with E-state index in [0.717, 1.165) is 38.6 Å². The van der Waals surface area contributed by atoms with Crippen LogP contribution in [0.3, 0.4) is 0 Å². The Kier molecular flexibility index (Phi) is 3.49. The largest absolute Gasteiger partial charge is 0.496 e. The monoisotopic (exact) mass is 336 g/mol. The van der Waals surface area contributed by atoms with Crippen LogP contribution in [0.15, 0.2) is 36.4 Å². The van der Waals surface area contributed by atoms with Crippen molar-refractivity contribution in [3.8, 4) is 16.9 Å². The van der Waals surface area contributed by atoms with Gasteiger partial charge in [-0.05, 0) is 54.1 Å². The molecule has 0 saturated heterocycles. The van der Waals surface area contributed by atoms with Gasteiger partial charge in [0.2, 0.25) is 0 Å². The maximum absolute atomic E-state index is 13.4. The summed E-state index contributed by atoms with van der Waals surface area (Å²) in [5.41, 5.74) is 5.08. The highest BCUT2D eigenvalue weighted by Gasteiger charge is 2.32. The Hall–Kier alpha value is -2.88. The van der Waals surface area contributed by atoms with Crippen molar-refractivity contribution in [3.05, 3.63) is 64.5 Å². The average molecular weight is 336 g/mol. The summed E-state index contributed by atoms with van der Waals surface area (Å²) in [4.78, 5) is 12.4. The second-order valence-electron chi connectivity index (χ2n) is 6.33. The fourth-order valence-electron chi connectivity index (χ4n) is 3.49. The Morgan fingerprint density at radius 2 is 1.64 bits per heavy atom. The van der Waals surface area contributed by atoms with E-state index in [1.807, 2.05) is 13.8 Å². The van der Waals surface area contributed by atoms with Crippen LogP contribution in [0.1, 0.15) is 27.0 Å². The Morgan fingerprint density at radius 3 is 2.28 bits per heavy atom. The van der Waals surface area contributed by atoms with Crippen molar-refractivity contribution >= 4 is 16.7 Å². The summed E-state index contributed by atoms with van der Waals surface area (Å²) < 4.78 is 24.3. The molecule has 0 bridgehead atoms. The third kappa shape index (κ3) is 2.29. The summed E-state index contributed by atoms with van der Waals surface area (Å²) in [5.74, 6) is -0.00891. The summed E-state index contributed by atoms with van der Waals surface area (Å²) in [6.07, 6.45) is 0. The minimum Gasteiger partial charge on any atom is -0.496 e. The standard InChI is InChI=1S/C21H17FO3/c1-11-8-15-16(9-12(11)2)20(24-3)17-10-25-21(23)19(17)18(15)13-4-6-14(22)7-5-13/h4-9H,10H2,1-3H3. The summed E-state index contributed by atoms with van der Waals surface area (Å²) in [5, 5.41) is 1.84. The summed E-state index contributed by atoms with van der Waals surface area (Å²) in [6.45, 7) is 4.26. The number of cyclic esters (lactones) is 1. The molecule has 1 heterocycles. The van der Waals surface area contributed by atoms with Crippen LogP contribution in [-0.4, -0.2) is 13.1 Å². The zero-order chi connectivity index (χ0) is 17.7. The van der Waals surface area contributed by atoms with Crippen molar-refractivity contribution in [3.63, 3.8) is 0 Å². The van der Waals surface area contributed by atoms with Crippen molar-refractivity contribution in [2.75, 3.05) is 7.11 Å². The lowest BCUT2D eigenvalue weighted by atomic mass is 9.88. The van der Waals surface area contributed by atoms with Gasteiger partial charge in [0.15, 0.2) is 0 Å². The number of fused-ring (bicyclic) bond motifs is 2. The molecule has 25 heavy (non-hydrogen) atoms. The number of methoxy groups -OCH3 is 1. The van der Waals surface area contributed by atoms with E-state index in [-0.39, 0.29) is 18.4 Å². The fraction of sp³-hybridized carbons (Fsp3) is 0.190. The van der Waals surface area contributed by atoms with Gasteiger partial charge in [-0.25, -0.2) is 9.18 Å². The minimum atomic E-state index is -0.368. The molecule has 0 aliphatic carbocycles. The van der Waals surface area contributed by atoms with Crippen molar-refractivity contribution in [1.29, 1.82) is 0 Å². The molecule has 0 aromatic heterocycles. The SMILES string of the molecule is COc1c2c(c(-c3ccc(F)cc3)c3cc(C)c(C)cc13)C(=O)OC2. The van der Waals surface area contributed by atoms with Gasteiger partial charge in [-0.15, -0.1) is 0 Å². The smallest absolute Gasteiger partial charge is 0.339 e. The van der Waals surface area contributed by atoms with E-state index in [4.69, 9.17) is 9.47 Å². The molecular weight excluding hydrogens is 319 g/mol. The van der Waals surface area contributed by atoms with Crippen molar-refractivity contribution < 1.29 is 18.7 Å². The van der Waals surface area contributed by atoms with Gasteiger partial charge in [-0.1, -0.05) is 18.2 Å². The van der Waals surface area contributed by atoms with Crippen LogP contribution in [0.5, 0.6) is 5.75 Å². The molecule has 0 amide bonds. The van der Waals surface area contributed by atoms with E-state index < -0.39 is 0 Å². The first kappa shape index (κ1) is 15.6. The van der Waals surface area contributed by atoms with Crippen LogP contribution >= 0.6 is 0 Å². The van der Waals surface area contributed by atoms with Crippen LogP contribution in [0.4, 0.5) is 4.39 Å². The Balaban J connectivity index is 2.20. The highest BCUT2D eigenvalue weighted by atomic mass is 19.1. The molecule has 3 aromatic rings. The number of aryl methyl sites for hydroxylation is 2. The van der Waals surface area contributed by atoms with Crippen molar-refractivity contribution in [2.24, 2.45) is 0 Å². The molecule has 1 aliphatic heterocycles. The molecule has 1 aliphatic rings. The molecule has 0 N–H and O–H groups in total. The number of carbonyl (C=O) groups excluding carboxylic acids is 1. The maximum Gasteiger partial charge on any atom is 0.339 e. The summed E-state index contributed by atoms with van der Waals surface area (Å²) >= 11 is 0. The normalized spacial score (nSPS) is 13.0. The number of benzene rings is 3. The molecule has 0 radical (unpaired) electrons. The minimum absolute atomic E-state index is 0.189. The zero-order valence-electron chi connectivity index (χ0n) is 14.3. The average Bonchev–Trinajstić information content (AvgIpc) is 2.97. The van der Waals surface area contributed by atoms with Gasteiger partial charge < -0.3 is 9.47 Å². The third-order valence-electron chi connectivity index (χ3n) is 4.86. The van der Waals surface area contributed by atoms with E-state index in [1.54, 1.807) is 19.2 Å². The zero-order valence-corrected chi connectivity index (χ0v) is 14.3. The van der Waals surface area contributed by atoms with Crippen LogP contribution < -0.4 is 4.74 Å². The maximum atomic E-state index is 13.4. The van der Waals surface area contributed by atoms with Gasteiger partial charge in [-0.3, -0.25) is 0 Å². The van der Waals surface area contributed by atoms with Crippen LogP contribution in [-0.2, 0) is 11.3 Å². The van der Waals surface area contributed by atoms with E-state index in [9.17, 15) is 9.18 Å². The molecule has 4 heteroatoms. The van der Waals surface area contributed by atoms with E-state index in [2.05, 4.69) is 12.1 Å². The van der Waals surface area contributed by atoms with Crippen LogP contribution in [0.2, 0.25) is 0 Å². The van der Waals surface area contributed by atoms with Gasteiger partial charge in [0.25, 0.3) is 0 Å². The lowest BCUT2D eigenvalue weighted by molar-refractivity contribution is 0.0535. The third-order valence-corrected chi connectivity index (χ3v) is 4.86. The number of carbonyl (C=O) groups is 1. The van der Waals surface area contributed by atoms with E-state index in [1.165, 1.54) is 12.1 Å². The Morgan fingerprint density at radius 1 is 1.00 bits per heavy atom. The molecule has 0 spiro atoms. The number of rotatable bonds is 2. The molecule has 126 valence electrons. The number of hydrogen-bond donors (Lipinski definition) is 0. The predicted molar refractivity (Wildman–Crippen MR) is 94.5 cm³/mol. The number of ether oxygens (including phenoxy) is 2. The van der Waals surface area contributed by atoms with Crippen LogP contribution in [0, 0.1) is 19.7 Å². The number of hydrogen-bond acceptors (Lipinski definition) is 3. The Bertz CT molecular complexity index is 1020. The van der Waals surface area contributed by atoms with E-state index >= 15 is 0 Å². The molecule has 0 atom stereocenters. The molecule has 0 saturated carbocycles. The summed E-state index contributed by atoms with van der Waals surface area (Å²) in [6, 6.07) is 10.3. The fourth-order valence-corrected chi connectivity index (χ4v) is 3.49. The van der Waals surface area contributed by atoms with Gasteiger partial charge in [0.1, 0.15) is 18.2 Å². The second kappa shape index (κ2) is 5.59. The quantitative estimate of drug-likeness (QED) is 0.622. The highest BCUT2D eigenvalue weighted by Crippen LogP contribution is 2.45. The van der Waals surface area contributed by atoms with Crippen molar-refractivity contribution in [2.45, 2.75) is 20.5 Å². The lowest BCUT2D eigenvalue weighted by Gasteiger charge is -2.17. The van der Waals surface area contributed by atoms with E-state index in [0.29, 0.717) is 11.3 Å². The van der Waals surface area contributed by atoms with Crippen LogP contribution in [0.25, 0.3) is 21.9 Å². The second-order valence-corrected chi connectivity index (χ2v) is 6.33. The first-order chi connectivity index (χ1) is 12.0. The molecule has 3 nitrogen and oxygen atoms in total. The summed E-state index contributed by atoms with van der Waals surface area (Å²) in [7, 11) is 1.60. The first-order valence-electron chi connectivity index (χ1n) is 8.08. The molecule has 0 unspecified atom stereocenters. The molecule has 4 rings (SSSR count). The van der Waals surface area contributed by atoms with Gasteiger partial charge in [-0.2, -0.15) is 0 Å².